The number of esters is 3. The molecule has 8 N–H and O–H groups in total. The van der Waals surface area contributed by atoms with Gasteiger partial charge in [0.25, 0.3) is 0 Å². The molecule has 0 aliphatic heterocycles. The molecule has 0 saturated carbocycles. The number of carbonyl (C=O) groups is 5. The summed E-state index contributed by atoms with van der Waals surface area (Å²) in [5.41, 5.74) is -0.550. The lowest BCUT2D eigenvalue weighted by Gasteiger charge is -2.20. The van der Waals surface area contributed by atoms with Crippen molar-refractivity contribution in [1.82, 2.24) is 0 Å². The zero-order chi connectivity index (χ0) is 31.3. The van der Waals surface area contributed by atoms with E-state index in [1.54, 1.807) is 0 Å². The number of carbonyl (C=O) groups excluding carboxylic acids is 5. The van der Waals surface area contributed by atoms with E-state index in [9.17, 15) is 39.3 Å². The van der Waals surface area contributed by atoms with Gasteiger partial charge in [-0.05, 0) is 12.1 Å². The van der Waals surface area contributed by atoms with Gasteiger partial charge < -0.3 is 59.8 Å². The van der Waals surface area contributed by atoms with Gasteiger partial charge in [-0.15, -0.1) is 0 Å². The van der Waals surface area contributed by atoms with E-state index in [1.165, 1.54) is 0 Å². The maximum absolute atomic E-state index is 12.3. The number of aliphatic hydroxyl groups excluding tert-OH is 8. The fourth-order valence-corrected chi connectivity index (χ4v) is 2.34. The second-order valence-corrected chi connectivity index (χ2v) is 7.35. The predicted molar refractivity (Wildman–Crippen MR) is 123 cm³/mol. The van der Waals surface area contributed by atoms with Gasteiger partial charge in [-0.2, -0.15) is 0 Å². The third-order valence-corrected chi connectivity index (χ3v) is 4.39. The molecule has 1 aromatic carbocycles. The van der Waals surface area contributed by atoms with Crippen LogP contribution in [-0.4, -0.2) is 129 Å². The smallest absolute Gasteiger partial charge is 0.386 e. The molecule has 228 valence electrons. The fraction of sp³-hybridized carbons (Fsp3) is 0.409. The summed E-state index contributed by atoms with van der Waals surface area (Å²) in [7, 11) is 0.922. The molecule has 0 heterocycles. The van der Waals surface area contributed by atoms with Gasteiger partial charge in [0.1, 0.15) is 0 Å². The van der Waals surface area contributed by atoms with Gasteiger partial charge in [-0.1, -0.05) is 0 Å². The van der Waals surface area contributed by atoms with Crippen LogP contribution in [0.15, 0.2) is 12.1 Å². The number of hydrogen-bond donors (Lipinski definition) is 8. The molecule has 1 rings (SSSR count). The third kappa shape index (κ3) is 10.0. The molecular weight excluding hydrogens is 568 g/mol. The van der Waals surface area contributed by atoms with Crippen molar-refractivity contribution in [2.24, 2.45) is 0 Å². The first-order valence-corrected chi connectivity index (χ1v) is 11.0. The van der Waals surface area contributed by atoms with Gasteiger partial charge in [0, 0.05) is 11.6 Å². The third-order valence-electron chi connectivity index (χ3n) is 4.39. The number of hydrogen-bond acceptors (Lipinski definition) is 19. The standard InChI is InChI=1S/C22H26O19/c1-36-17-14(37-19(32)10(27)5-23)4-9(2-3-15(31)40-41-22(35)13(30)8-26)16(38-20(33)11(28)6-24)18(17)39-21(34)12(29)7-25/h2-4,10-13,23-30H,5-8H2,1H3. The number of aliphatic hydroxyl groups is 8. The fourth-order valence-electron chi connectivity index (χ4n) is 2.34. The molecular formula is C22H26O19. The van der Waals surface area contributed by atoms with Crippen LogP contribution in [0.5, 0.6) is 23.0 Å². The average Bonchev–Trinajstić information content (AvgIpc) is 2.97. The molecule has 4 unspecified atom stereocenters. The van der Waals surface area contributed by atoms with Gasteiger partial charge in [-0.3, -0.25) is 0 Å². The van der Waals surface area contributed by atoms with Crippen molar-refractivity contribution in [1.29, 1.82) is 0 Å². The average molecular weight is 594 g/mol. The van der Waals surface area contributed by atoms with Crippen LogP contribution in [0, 0.1) is 0 Å². The number of rotatable bonds is 14. The maximum Gasteiger partial charge on any atom is 0.386 e. The lowest BCUT2D eigenvalue weighted by atomic mass is 10.1. The highest BCUT2D eigenvalue weighted by Crippen LogP contribution is 2.48. The number of benzene rings is 1. The highest BCUT2D eigenvalue weighted by Gasteiger charge is 2.31. The molecule has 41 heavy (non-hydrogen) atoms. The Morgan fingerprint density at radius 3 is 1.56 bits per heavy atom. The SMILES string of the molecule is COc1c(OC(=O)C(O)CO)cc(C=CC(=O)OOC(=O)C(O)CO)c(OC(=O)C(O)CO)c1OC(=O)C(O)CO. The van der Waals surface area contributed by atoms with E-state index in [0.717, 1.165) is 13.2 Å². The van der Waals surface area contributed by atoms with Gasteiger partial charge in [-0.25, -0.2) is 33.7 Å². The Hall–Kier alpha value is -4.21. The van der Waals surface area contributed by atoms with Crippen LogP contribution < -0.4 is 18.9 Å². The first-order valence-electron chi connectivity index (χ1n) is 11.0. The molecule has 0 saturated heterocycles. The Kier molecular flexibility index (Phi) is 14.3. The topological polar surface area (TPSA) is 303 Å². The second kappa shape index (κ2) is 16.8. The quantitative estimate of drug-likeness (QED) is 0.0328. The molecule has 4 atom stereocenters. The van der Waals surface area contributed by atoms with Gasteiger partial charge in [0.05, 0.1) is 33.5 Å². The number of methoxy groups -OCH3 is 1. The summed E-state index contributed by atoms with van der Waals surface area (Å²) in [5.74, 6) is -11.0. The van der Waals surface area contributed by atoms with E-state index in [1.807, 2.05) is 0 Å². The second-order valence-electron chi connectivity index (χ2n) is 7.35. The van der Waals surface area contributed by atoms with Crippen LogP contribution in [0.2, 0.25) is 0 Å². The molecule has 19 heteroatoms. The van der Waals surface area contributed by atoms with E-state index < -0.39 is 109 Å². The summed E-state index contributed by atoms with van der Waals surface area (Å²) in [6.45, 7) is -4.46. The Labute approximate surface area is 228 Å². The highest BCUT2D eigenvalue weighted by atomic mass is 17.2. The zero-order valence-electron chi connectivity index (χ0n) is 20.9. The summed E-state index contributed by atoms with van der Waals surface area (Å²) in [5, 5.41) is 73.7. The van der Waals surface area contributed by atoms with Gasteiger partial charge >= 0.3 is 29.8 Å². The first kappa shape index (κ1) is 34.8. The predicted octanol–water partition coefficient (Wildman–Crippen LogP) is -5.16. The summed E-state index contributed by atoms with van der Waals surface area (Å²) in [4.78, 5) is 68.0. The van der Waals surface area contributed by atoms with Crippen LogP contribution in [0.25, 0.3) is 6.08 Å². The lowest BCUT2D eigenvalue weighted by molar-refractivity contribution is -0.261. The highest BCUT2D eigenvalue weighted by molar-refractivity contribution is 5.91. The van der Waals surface area contributed by atoms with Crippen LogP contribution in [0.3, 0.4) is 0 Å². The Morgan fingerprint density at radius 1 is 0.659 bits per heavy atom. The maximum atomic E-state index is 12.3. The van der Waals surface area contributed by atoms with Gasteiger partial charge in [0.15, 0.2) is 35.9 Å². The van der Waals surface area contributed by atoms with Crippen molar-refractivity contribution in [3.05, 3.63) is 17.7 Å². The largest absolute Gasteiger partial charge is 0.490 e. The molecule has 0 spiro atoms. The van der Waals surface area contributed by atoms with Crippen LogP contribution >= 0.6 is 0 Å². The van der Waals surface area contributed by atoms with Crippen molar-refractivity contribution in [3.63, 3.8) is 0 Å². The van der Waals surface area contributed by atoms with Crippen molar-refractivity contribution in [3.8, 4) is 23.0 Å². The molecule has 1 aromatic rings. The van der Waals surface area contributed by atoms with E-state index in [0.29, 0.717) is 12.2 Å². The molecule has 0 aliphatic rings. The minimum atomic E-state index is -2.17. The van der Waals surface area contributed by atoms with Crippen molar-refractivity contribution >= 4 is 35.9 Å². The van der Waals surface area contributed by atoms with Crippen LogP contribution in [-0.2, 0) is 33.7 Å². The molecule has 0 amide bonds. The summed E-state index contributed by atoms with van der Waals surface area (Å²) < 4.78 is 19.8. The molecule has 0 aromatic heterocycles. The van der Waals surface area contributed by atoms with Crippen LogP contribution in [0.1, 0.15) is 5.56 Å². The summed E-state index contributed by atoms with van der Waals surface area (Å²) >= 11 is 0. The molecule has 0 fully saturated rings. The van der Waals surface area contributed by atoms with E-state index >= 15 is 0 Å². The Balaban J connectivity index is 3.76. The zero-order valence-corrected chi connectivity index (χ0v) is 20.9. The normalized spacial score (nSPS) is 13.9. The van der Waals surface area contributed by atoms with E-state index in [4.69, 9.17) is 44.5 Å². The van der Waals surface area contributed by atoms with Crippen molar-refractivity contribution < 1.29 is 93.5 Å². The van der Waals surface area contributed by atoms with Crippen molar-refractivity contribution in [2.75, 3.05) is 33.5 Å². The van der Waals surface area contributed by atoms with Crippen LogP contribution in [0.4, 0.5) is 0 Å². The Morgan fingerprint density at radius 2 is 1.10 bits per heavy atom. The molecule has 0 bridgehead atoms. The molecule has 0 radical (unpaired) electrons. The molecule has 19 nitrogen and oxygen atoms in total. The van der Waals surface area contributed by atoms with Crippen molar-refractivity contribution in [2.45, 2.75) is 24.4 Å². The van der Waals surface area contributed by atoms with Gasteiger partial charge in [0.2, 0.25) is 11.5 Å². The first-order chi connectivity index (χ1) is 19.3. The summed E-state index contributed by atoms with van der Waals surface area (Å²) in [6.07, 6.45) is -7.29. The summed E-state index contributed by atoms with van der Waals surface area (Å²) in [6, 6.07) is 0.778. The number of ether oxygens (including phenoxy) is 4. The minimum Gasteiger partial charge on any atom is -0.490 e. The minimum absolute atomic E-state index is 0.475. The van der Waals surface area contributed by atoms with E-state index in [-0.39, 0.29) is 0 Å². The Bertz CT molecular complexity index is 1130. The molecule has 0 aliphatic carbocycles. The van der Waals surface area contributed by atoms with E-state index in [2.05, 4.69) is 9.78 Å². The lowest BCUT2D eigenvalue weighted by Crippen LogP contribution is -2.31. The monoisotopic (exact) mass is 594 g/mol.